The Morgan fingerprint density at radius 1 is 0.909 bits per heavy atom. The van der Waals surface area contributed by atoms with E-state index in [0.717, 1.165) is 0 Å². The van der Waals surface area contributed by atoms with Crippen molar-refractivity contribution in [2.24, 2.45) is 0 Å². The molecular weight excluding hydrogens is 288 g/mol. The van der Waals surface area contributed by atoms with Crippen LogP contribution in [0.25, 0.3) is 0 Å². The van der Waals surface area contributed by atoms with Gasteiger partial charge in [-0.1, -0.05) is 0 Å². The van der Waals surface area contributed by atoms with Crippen molar-refractivity contribution in [3.8, 4) is 17.2 Å². The van der Waals surface area contributed by atoms with E-state index < -0.39 is 6.16 Å². The first kappa shape index (κ1) is 15.4. The largest absolute Gasteiger partial charge is 0.511 e. The average molecular weight is 302 g/mol. The van der Waals surface area contributed by atoms with Crippen LogP contribution in [-0.4, -0.2) is 31.3 Å². The van der Waals surface area contributed by atoms with Gasteiger partial charge >= 0.3 is 6.16 Å². The van der Waals surface area contributed by atoms with E-state index in [9.17, 15) is 9.59 Å². The topological polar surface area (TPSA) is 82.1 Å². The van der Waals surface area contributed by atoms with Crippen molar-refractivity contribution < 1.29 is 28.9 Å². The van der Waals surface area contributed by atoms with E-state index in [-0.39, 0.29) is 17.1 Å². The van der Waals surface area contributed by atoms with Crippen LogP contribution >= 0.6 is 0 Å². The molecule has 1 N–H and O–H groups in total. The van der Waals surface area contributed by atoms with Crippen LogP contribution in [0.15, 0.2) is 42.5 Å². The van der Waals surface area contributed by atoms with Gasteiger partial charge in [-0.25, -0.2) is 4.79 Å². The minimum Gasteiger partial charge on any atom is -0.497 e. The summed E-state index contributed by atoms with van der Waals surface area (Å²) in [7, 11) is 2.96. The number of benzene rings is 2. The van der Waals surface area contributed by atoms with E-state index in [4.69, 9.17) is 14.6 Å². The van der Waals surface area contributed by atoms with E-state index in [1.54, 1.807) is 30.3 Å². The summed E-state index contributed by atoms with van der Waals surface area (Å²) >= 11 is 0. The van der Waals surface area contributed by atoms with Crippen LogP contribution in [-0.2, 0) is 0 Å². The molecule has 114 valence electrons. The fourth-order valence-electron chi connectivity index (χ4n) is 1.89. The Kier molecular flexibility index (Phi) is 4.63. The molecule has 2 aromatic carbocycles. The van der Waals surface area contributed by atoms with E-state index >= 15 is 0 Å². The van der Waals surface area contributed by atoms with Gasteiger partial charge < -0.3 is 19.3 Å². The Balaban J connectivity index is 2.40. The number of hydrogen-bond donors (Lipinski definition) is 1. The second-order valence-electron chi connectivity index (χ2n) is 4.29. The van der Waals surface area contributed by atoms with Crippen molar-refractivity contribution in [1.82, 2.24) is 0 Å². The number of carbonyl (C=O) groups is 2. The summed E-state index contributed by atoms with van der Waals surface area (Å²) in [4.78, 5) is 23.3. The molecule has 0 spiro atoms. The Hall–Kier alpha value is -3.02. The number of hydrogen-bond acceptors (Lipinski definition) is 5. The molecule has 0 radical (unpaired) electrons. The van der Waals surface area contributed by atoms with Gasteiger partial charge in [0.2, 0.25) is 0 Å². The maximum absolute atomic E-state index is 12.5. The van der Waals surface area contributed by atoms with Crippen molar-refractivity contribution in [2.45, 2.75) is 0 Å². The fourth-order valence-corrected chi connectivity index (χ4v) is 1.89. The summed E-state index contributed by atoms with van der Waals surface area (Å²) in [5.74, 6) is 0.574. The fraction of sp³-hybridized carbons (Fsp3) is 0.125. The Bertz CT molecular complexity index is 690. The summed E-state index contributed by atoms with van der Waals surface area (Å²) in [5.41, 5.74) is 0.523. The van der Waals surface area contributed by atoms with Gasteiger partial charge in [0.15, 0.2) is 5.78 Å². The molecule has 0 fully saturated rings. The summed E-state index contributed by atoms with van der Waals surface area (Å²) in [6, 6.07) is 10.9. The molecule has 2 aromatic rings. The van der Waals surface area contributed by atoms with E-state index in [1.807, 2.05) is 0 Å². The monoisotopic (exact) mass is 302 g/mol. The molecular formula is C16H14O6. The van der Waals surface area contributed by atoms with Gasteiger partial charge in [0.1, 0.15) is 17.2 Å². The lowest BCUT2D eigenvalue weighted by Crippen LogP contribution is -2.09. The minimum absolute atomic E-state index is 0.0762. The number of rotatable bonds is 5. The van der Waals surface area contributed by atoms with Crippen LogP contribution in [0.4, 0.5) is 4.79 Å². The van der Waals surface area contributed by atoms with Crippen molar-refractivity contribution in [3.05, 3.63) is 53.6 Å². The maximum Gasteiger partial charge on any atom is 0.511 e. The van der Waals surface area contributed by atoms with Gasteiger partial charge in [-0.2, -0.15) is 0 Å². The Labute approximate surface area is 126 Å². The Morgan fingerprint density at radius 2 is 1.50 bits per heavy atom. The number of methoxy groups -OCH3 is 2. The van der Waals surface area contributed by atoms with Crippen LogP contribution in [0.5, 0.6) is 17.2 Å². The molecule has 0 amide bonds. The molecule has 6 nitrogen and oxygen atoms in total. The van der Waals surface area contributed by atoms with E-state index in [2.05, 4.69) is 4.74 Å². The molecule has 0 bridgehead atoms. The molecule has 0 aliphatic rings. The molecule has 0 aromatic heterocycles. The van der Waals surface area contributed by atoms with Crippen LogP contribution in [0.2, 0.25) is 0 Å². The zero-order valence-electron chi connectivity index (χ0n) is 12.0. The van der Waals surface area contributed by atoms with Crippen LogP contribution in [0.3, 0.4) is 0 Å². The molecule has 0 heterocycles. The first-order valence-corrected chi connectivity index (χ1v) is 6.32. The molecule has 0 unspecified atom stereocenters. The zero-order valence-corrected chi connectivity index (χ0v) is 12.0. The van der Waals surface area contributed by atoms with Gasteiger partial charge in [0.05, 0.1) is 19.8 Å². The van der Waals surface area contributed by atoms with Gasteiger partial charge in [0, 0.05) is 11.6 Å². The van der Waals surface area contributed by atoms with Crippen LogP contribution < -0.4 is 14.2 Å². The molecule has 2 rings (SSSR count). The van der Waals surface area contributed by atoms with Gasteiger partial charge in [-0.3, -0.25) is 4.79 Å². The highest BCUT2D eigenvalue weighted by atomic mass is 16.7. The summed E-state index contributed by atoms with van der Waals surface area (Å²) in [6.07, 6.45) is -1.50. The van der Waals surface area contributed by atoms with Crippen molar-refractivity contribution in [2.75, 3.05) is 14.2 Å². The number of ether oxygens (including phenoxy) is 3. The SMILES string of the molecule is COc1ccc(C(=O)c2ccc(OC)cc2OC(=O)O)cc1. The highest BCUT2D eigenvalue weighted by Crippen LogP contribution is 2.27. The summed E-state index contributed by atoms with van der Waals surface area (Å²) < 4.78 is 14.7. The van der Waals surface area contributed by atoms with Crippen molar-refractivity contribution in [3.63, 3.8) is 0 Å². The second kappa shape index (κ2) is 6.62. The van der Waals surface area contributed by atoms with Gasteiger partial charge in [-0.05, 0) is 36.4 Å². The Morgan fingerprint density at radius 3 is 2.05 bits per heavy atom. The first-order chi connectivity index (χ1) is 10.5. The average Bonchev–Trinajstić information content (AvgIpc) is 2.53. The molecule has 0 aliphatic carbocycles. The third-order valence-corrected chi connectivity index (χ3v) is 2.98. The smallest absolute Gasteiger partial charge is 0.497 e. The molecule has 0 saturated heterocycles. The molecule has 0 saturated carbocycles. The first-order valence-electron chi connectivity index (χ1n) is 6.32. The summed E-state index contributed by atoms with van der Waals surface area (Å²) in [6.45, 7) is 0. The lowest BCUT2D eigenvalue weighted by atomic mass is 10.0. The number of ketones is 1. The highest BCUT2D eigenvalue weighted by Gasteiger charge is 2.18. The third kappa shape index (κ3) is 3.35. The standard InChI is InChI=1S/C16H14O6/c1-20-11-5-3-10(4-6-11)15(17)13-8-7-12(21-2)9-14(13)22-16(18)19/h3-9H,1-2H3,(H,18,19). The maximum atomic E-state index is 12.5. The lowest BCUT2D eigenvalue weighted by molar-refractivity contribution is 0.103. The minimum atomic E-state index is -1.50. The summed E-state index contributed by atoms with van der Waals surface area (Å²) in [5, 5.41) is 8.78. The van der Waals surface area contributed by atoms with Crippen molar-refractivity contribution in [1.29, 1.82) is 0 Å². The lowest BCUT2D eigenvalue weighted by Gasteiger charge is -2.09. The van der Waals surface area contributed by atoms with Crippen molar-refractivity contribution >= 4 is 11.9 Å². The highest BCUT2D eigenvalue weighted by molar-refractivity contribution is 6.11. The number of carboxylic acid groups (broad SMARTS) is 1. The second-order valence-corrected chi connectivity index (χ2v) is 4.29. The predicted molar refractivity (Wildman–Crippen MR) is 78.1 cm³/mol. The molecule has 22 heavy (non-hydrogen) atoms. The van der Waals surface area contributed by atoms with Gasteiger partial charge in [0.25, 0.3) is 0 Å². The predicted octanol–water partition coefficient (Wildman–Crippen LogP) is 2.99. The molecule has 6 heteroatoms. The van der Waals surface area contributed by atoms with E-state index in [0.29, 0.717) is 17.1 Å². The normalized spacial score (nSPS) is 9.91. The van der Waals surface area contributed by atoms with Crippen LogP contribution in [0, 0.1) is 0 Å². The zero-order chi connectivity index (χ0) is 16.1. The third-order valence-electron chi connectivity index (χ3n) is 2.98. The molecule has 0 atom stereocenters. The number of carbonyl (C=O) groups excluding carboxylic acids is 1. The van der Waals surface area contributed by atoms with Crippen LogP contribution in [0.1, 0.15) is 15.9 Å². The van der Waals surface area contributed by atoms with E-state index in [1.165, 1.54) is 26.4 Å². The molecule has 0 aliphatic heterocycles. The quantitative estimate of drug-likeness (QED) is 0.519. The van der Waals surface area contributed by atoms with Gasteiger partial charge in [-0.15, -0.1) is 0 Å².